The fraction of sp³-hybridized carbons (Fsp3) is 0.444. The van der Waals surface area contributed by atoms with Gasteiger partial charge in [0.1, 0.15) is 42.1 Å². The molecule has 3 amide bonds. The first kappa shape index (κ1) is 86.7. The normalized spacial score (nSPS) is 15.1. The molecule has 113 heavy (non-hydrogen) atoms. The second-order valence-corrected chi connectivity index (χ2v) is 32.2. The Bertz CT molecular complexity index is 4130. The summed E-state index contributed by atoms with van der Waals surface area (Å²) in [5.74, 6) is -3.91. The van der Waals surface area contributed by atoms with Crippen molar-refractivity contribution in [2.24, 2.45) is 0 Å². The molecule has 23 heteroatoms. The van der Waals surface area contributed by atoms with Crippen molar-refractivity contribution >= 4 is 47.9 Å². The number of amides is 3. The maximum atomic E-state index is 13.4. The highest BCUT2D eigenvalue weighted by Crippen LogP contribution is 2.46. The number of benzene rings is 7. The van der Waals surface area contributed by atoms with E-state index in [1.807, 2.05) is 167 Å². The average molecular weight is 1550 g/mol. The summed E-state index contributed by atoms with van der Waals surface area (Å²) in [6, 6.07) is 59.3. The van der Waals surface area contributed by atoms with E-state index in [2.05, 4.69) is 125 Å². The maximum absolute atomic E-state index is 13.4. The second-order valence-electron chi connectivity index (χ2n) is 32.2. The van der Waals surface area contributed by atoms with Gasteiger partial charge in [0.05, 0.1) is 31.7 Å². The van der Waals surface area contributed by atoms with Crippen LogP contribution in [0.1, 0.15) is 157 Å². The minimum Gasteiger partial charge on any atom is -0.480 e. The summed E-state index contributed by atoms with van der Waals surface area (Å²) in [4.78, 5) is 110. The summed E-state index contributed by atoms with van der Waals surface area (Å²) in [7, 11) is 0. The molecule has 1 saturated heterocycles. The molecule has 2 atom stereocenters. The molecule has 10 rings (SSSR count). The Labute approximate surface area is 665 Å². The van der Waals surface area contributed by atoms with Crippen LogP contribution in [0.3, 0.4) is 0 Å². The highest BCUT2D eigenvalue weighted by molar-refractivity contribution is 5.83. The third kappa shape index (κ3) is 26.4. The van der Waals surface area contributed by atoms with Gasteiger partial charge in [-0.25, -0.2) is 19.2 Å². The molecule has 3 aliphatic rings. The molecule has 1 fully saturated rings. The molecule has 0 spiro atoms. The molecule has 0 radical (unpaired) electrons. The molecule has 1 aliphatic heterocycles. The number of carboxylic acids is 2. The van der Waals surface area contributed by atoms with Gasteiger partial charge in [0.15, 0.2) is 0 Å². The van der Waals surface area contributed by atoms with Crippen LogP contribution in [-0.4, -0.2) is 211 Å². The molecule has 2 aliphatic carbocycles. The Morgan fingerprint density at radius 3 is 1.02 bits per heavy atom. The lowest BCUT2D eigenvalue weighted by Gasteiger charge is -2.37. The number of hydrogen-bond donors (Lipinski definition) is 6. The Hall–Kier alpha value is -10.3. The molecule has 0 saturated carbocycles. The van der Waals surface area contributed by atoms with Gasteiger partial charge in [-0.1, -0.05) is 188 Å². The number of nitrogens with zero attached hydrogens (tertiary/aromatic N) is 4. The number of hydrogen-bond acceptors (Lipinski definition) is 18. The molecule has 6 N–H and O–H groups in total. The van der Waals surface area contributed by atoms with Crippen molar-refractivity contribution < 1.29 is 72.3 Å². The average Bonchev–Trinajstić information content (AvgIpc) is 1.73. The highest BCUT2D eigenvalue weighted by atomic mass is 16.6. The van der Waals surface area contributed by atoms with E-state index in [1.54, 1.807) is 0 Å². The number of carbonyl (C=O) groups is 8. The molecule has 23 nitrogen and oxygen atoms in total. The number of esters is 3. The molecule has 604 valence electrons. The first-order valence-corrected chi connectivity index (χ1v) is 39.4. The number of nitrogens with one attached hydrogen (secondary N) is 4. The van der Waals surface area contributed by atoms with Gasteiger partial charge in [-0.05, 0) is 176 Å². The monoisotopic (exact) mass is 1550 g/mol. The number of fused-ring (bicyclic) bond motifs is 6. The molecular formula is C90H114N8O15. The number of carbonyl (C=O) groups excluding carboxylic acids is 6. The van der Waals surface area contributed by atoms with Gasteiger partial charge in [0, 0.05) is 70.7 Å². The predicted octanol–water partition coefficient (Wildman–Crippen LogP) is 12.6. The molecule has 7 aromatic rings. The number of aliphatic carboxylic acids is 2. The van der Waals surface area contributed by atoms with Gasteiger partial charge in [-0.2, -0.15) is 0 Å². The fourth-order valence-electron chi connectivity index (χ4n) is 14.7. The van der Waals surface area contributed by atoms with Crippen LogP contribution < -0.4 is 21.3 Å². The minimum absolute atomic E-state index is 0.00976. The Balaban J connectivity index is 0.000000273. The van der Waals surface area contributed by atoms with E-state index in [4.69, 9.17) is 23.7 Å². The third-order valence-electron chi connectivity index (χ3n) is 19.9. The van der Waals surface area contributed by atoms with E-state index in [0.29, 0.717) is 84.6 Å². The number of aryl methyl sites for hydroxylation is 1. The van der Waals surface area contributed by atoms with E-state index < -0.39 is 58.6 Å². The zero-order valence-corrected chi connectivity index (χ0v) is 67.2. The van der Waals surface area contributed by atoms with Crippen molar-refractivity contribution in [1.29, 1.82) is 0 Å². The van der Waals surface area contributed by atoms with Gasteiger partial charge >= 0.3 is 42.0 Å². The number of unbranched alkanes of at least 4 members (excludes halogenated alkanes) is 2. The van der Waals surface area contributed by atoms with Gasteiger partial charge in [0.2, 0.25) is 5.91 Å². The van der Waals surface area contributed by atoms with Crippen LogP contribution in [0.15, 0.2) is 182 Å². The van der Waals surface area contributed by atoms with E-state index in [0.717, 1.165) is 61.2 Å². The molecule has 7 aromatic carbocycles. The van der Waals surface area contributed by atoms with Crippen LogP contribution in [-0.2, 0) is 58.0 Å². The molecule has 0 bridgehead atoms. The summed E-state index contributed by atoms with van der Waals surface area (Å²) in [6.45, 7) is 22.9. The Morgan fingerprint density at radius 1 is 0.389 bits per heavy atom. The van der Waals surface area contributed by atoms with Crippen LogP contribution >= 0.6 is 0 Å². The van der Waals surface area contributed by atoms with Gasteiger partial charge < -0.3 is 49.8 Å². The maximum Gasteiger partial charge on any atom is 0.407 e. The summed E-state index contributed by atoms with van der Waals surface area (Å²) in [5, 5.41) is 31.7. The van der Waals surface area contributed by atoms with E-state index >= 15 is 0 Å². The zero-order valence-electron chi connectivity index (χ0n) is 67.2. The summed E-state index contributed by atoms with van der Waals surface area (Å²) in [5.41, 5.74) is 10.7. The number of carboxylic acid groups (broad SMARTS) is 2. The minimum atomic E-state index is -1.18. The van der Waals surface area contributed by atoms with Crippen LogP contribution in [0.4, 0.5) is 9.59 Å². The number of ether oxygens (including phenoxy) is 5. The van der Waals surface area contributed by atoms with Crippen LogP contribution in [0.25, 0.3) is 22.3 Å². The topological polar surface area (TPSA) is 284 Å². The van der Waals surface area contributed by atoms with Crippen LogP contribution in [0.5, 0.6) is 0 Å². The van der Waals surface area contributed by atoms with Gasteiger partial charge in [-0.3, -0.25) is 44.1 Å². The van der Waals surface area contributed by atoms with E-state index in [9.17, 15) is 48.6 Å². The fourth-order valence-corrected chi connectivity index (χ4v) is 14.7. The summed E-state index contributed by atoms with van der Waals surface area (Å²) in [6.07, 6.45) is 1.08. The SMILES string of the molecule is CC(C)(C)OC(=O)CN1CCN(CC(=O)NCCCC[C@H](NC(=O)OCC2c3ccccc3-c3ccccc32)C(=O)O)CCN(CC(=O)OC(C)(C)C)CCN(CC(=O)OC(C)(C)C)CC1.Cc1ccc(C(NCCCC[C@H](NC(=O)OCC2c3ccccc3-c3ccccc32)C(=O)O)(c2ccccc2)c2ccccc2)cc1. The zero-order chi connectivity index (χ0) is 81.3. The second kappa shape index (κ2) is 40.9. The number of alkyl carbamates (subject to hydrolysis) is 2. The van der Waals surface area contributed by atoms with Crippen molar-refractivity contribution in [2.45, 2.75) is 154 Å². The summed E-state index contributed by atoms with van der Waals surface area (Å²) >= 11 is 0. The predicted molar refractivity (Wildman–Crippen MR) is 435 cm³/mol. The number of rotatable bonds is 30. The molecular weight excluding hydrogens is 1430 g/mol. The molecule has 1 heterocycles. The van der Waals surface area contributed by atoms with Gasteiger partial charge in [0.25, 0.3) is 0 Å². The van der Waals surface area contributed by atoms with E-state index in [-0.39, 0.29) is 94.4 Å². The standard InChI is InChI=1S/C49H74N6O11.C41H40N2O4/c1-47(2,3)64-42(57)31-53-24-22-52(23-25-54(32-43(58)65-48(4,5)6)27-29-55(28-26-53)33-44(59)66-49(7,8)9)30-41(56)50-21-15-14-20-40(45(60)61)51-46(62)63-34-39-37-18-12-10-16-35(37)36-17-11-13-19-38(36)39;1-29-23-25-32(26-24-29)41(30-14-4-2-5-15-30,31-16-6-3-7-17-31)42-27-13-12-22-38(39(44)45)43-40(46)47-28-37-35-20-10-8-18-33(35)34-19-9-11-21-36(34)37/h10-13,16-19,39-40H,14-15,20-34H2,1-9H3,(H,50,56)(H,51,62)(H,60,61);2-11,14-21,23-26,37-38,42H,12-13,22,27-28H2,1H3,(H,43,46)(H,44,45)/t40-;38-/m00/s1. The first-order chi connectivity index (χ1) is 53.9. The smallest absolute Gasteiger partial charge is 0.407 e. The lowest BCUT2D eigenvalue weighted by Crippen LogP contribution is -2.50. The molecule has 0 unspecified atom stereocenters. The third-order valence-corrected chi connectivity index (χ3v) is 19.9. The quantitative estimate of drug-likeness (QED) is 0.0106. The molecule has 0 aromatic heterocycles. The van der Waals surface area contributed by atoms with Crippen molar-refractivity contribution in [1.82, 2.24) is 40.9 Å². The van der Waals surface area contributed by atoms with Crippen LogP contribution in [0, 0.1) is 6.92 Å². The first-order valence-electron chi connectivity index (χ1n) is 39.4. The Morgan fingerprint density at radius 2 is 0.690 bits per heavy atom. The van der Waals surface area contributed by atoms with E-state index in [1.165, 1.54) is 5.56 Å². The lowest BCUT2D eigenvalue weighted by molar-refractivity contribution is -0.158. The van der Waals surface area contributed by atoms with Crippen LogP contribution in [0.2, 0.25) is 0 Å². The summed E-state index contributed by atoms with van der Waals surface area (Å²) < 4.78 is 28.1. The lowest BCUT2D eigenvalue weighted by atomic mass is 9.76. The van der Waals surface area contributed by atoms with Crippen molar-refractivity contribution in [3.8, 4) is 22.3 Å². The van der Waals surface area contributed by atoms with Crippen molar-refractivity contribution in [2.75, 3.05) is 105 Å². The van der Waals surface area contributed by atoms with Gasteiger partial charge in [-0.15, -0.1) is 0 Å². The Kier molecular flexibility index (Phi) is 31.4. The largest absolute Gasteiger partial charge is 0.480 e. The highest BCUT2D eigenvalue weighted by Gasteiger charge is 2.37. The van der Waals surface area contributed by atoms with Crippen molar-refractivity contribution in [3.05, 3.63) is 226 Å². The van der Waals surface area contributed by atoms with Crippen molar-refractivity contribution in [3.63, 3.8) is 0 Å².